The van der Waals surface area contributed by atoms with Crippen LogP contribution in [-0.4, -0.2) is 47.4 Å². The van der Waals surface area contributed by atoms with Gasteiger partial charge in [-0.15, -0.1) is 6.42 Å². The predicted octanol–water partition coefficient (Wildman–Crippen LogP) is 0.706. The minimum Gasteiger partial charge on any atom is -0.340 e. The molecule has 3 heteroatoms. The zero-order valence-corrected chi connectivity index (χ0v) is 9.33. The number of piperazine rings is 1. The molecule has 0 radical (unpaired) electrons. The molecule has 1 aliphatic heterocycles. The summed E-state index contributed by atoms with van der Waals surface area (Å²) in [5.74, 6) is 3.13. The lowest BCUT2D eigenvalue weighted by atomic mass is 9.75. The van der Waals surface area contributed by atoms with Crippen molar-refractivity contribution < 1.29 is 4.79 Å². The molecule has 2 rings (SSSR count). The van der Waals surface area contributed by atoms with E-state index < -0.39 is 0 Å². The zero-order valence-electron chi connectivity index (χ0n) is 9.33. The van der Waals surface area contributed by atoms with Crippen molar-refractivity contribution in [1.29, 1.82) is 0 Å². The molecule has 0 N–H and O–H groups in total. The molecule has 2 aliphatic rings. The first-order valence-electron chi connectivity index (χ1n) is 5.66. The SMILES string of the molecule is C#CC1(N2CCN(C(C)=O)CC2)CCC1. The zero-order chi connectivity index (χ0) is 10.9. The molecule has 0 atom stereocenters. The molecular weight excluding hydrogens is 188 g/mol. The molecule has 1 aliphatic carbocycles. The molecule has 1 heterocycles. The van der Waals surface area contributed by atoms with Crippen molar-refractivity contribution in [2.45, 2.75) is 31.7 Å². The summed E-state index contributed by atoms with van der Waals surface area (Å²) in [4.78, 5) is 15.5. The van der Waals surface area contributed by atoms with Gasteiger partial charge < -0.3 is 4.90 Å². The molecule has 0 spiro atoms. The minimum absolute atomic E-state index is 0.0306. The normalized spacial score (nSPS) is 25.5. The Bertz CT molecular complexity index is 293. The minimum atomic E-state index is 0.0306. The van der Waals surface area contributed by atoms with Gasteiger partial charge in [0.1, 0.15) is 0 Å². The number of nitrogens with zero attached hydrogens (tertiary/aromatic N) is 2. The maximum Gasteiger partial charge on any atom is 0.219 e. The first-order valence-corrected chi connectivity index (χ1v) is 5.66. The Morgan fingerprint density at radius 1 is 1.27 bits per heavy atom. The number of rotatable bonds is 1. The van der Waals surface area contributed by atoms with Gasteiger partial charge in [-0.3, -0.25) is 9.69 Å². The van der Waals surface area contributed by atoms with E-state index in [9.17, 15) is 4.79 Å². The first kappa shape index (κ1) is 10.5. The van der Waals surface area contributed by atoms with Crippen molar-refractivity contribution in [2.75, 3.05) is 26.2 Å². The fourth-order valence-corrected chi connectivity index (χ4v) is 2.51. The van der Waals surface area contributed by atoms with Gasteiger partial charge in [0.25, 0.3) is 0 Å². The lowest BCUT2D eigenvalue weighted by molar-refractivity contribution is -0.131. The lowest BCUT2D eigenvalue weighted by Crippen LogP contribution is -2.60. The molecule has 0 unspecified atom stereocenters. The van der Waals surface area contributed by atoms with Crippen LogP contribution in [0.3, 0.4) is 0 Å². The second-order valence-electron chi connectivity index (χ2n) is 4.52. The Morgan fingerprint density at radius 2 is 1.87 bits per heavy atom. The van der Waals surface area contributed by atoms with Crippen LogP contribution in [-0.2, 0) is 4.79 Å². The summed E-state index contributed by atoms with van der Waals surface area (Å²) in [5.41, 5.74) is 0.0306. The molecule has 1 saturated heterocycles. The Hall–Kier alpha value is -1.01. The fourth-order valence-electron chi connectivity index (χ4n) is 2.51. The number of amides is 1. The Kier molecular flexibility index (Phi) is 2.70. The van der Waals surface area contributed by atoms with Gasteiger partial charge in [0, 0.05) is 33.1 Å². The van der Waals surface area contributed by atoms with Gasteiger partial charge >= 0.3 is 0 Å². The van der Waals surface area contributed by atoms with Crippen molar-refractivity contribution in [1.82, 2.24) is 9.80 Å². The number of carbonyl (C=O) groups excluding carboxylic acids is 1. The molecule has 1 saturated carbocycles. The molecule has 3 nitrogen and oxygen atoms in total. The van der Waals surface area contributed by atoms with Gasteiger partial charge in [0.15, 0.2) is 0 Å². The van der Waals surface area contributed by atoms with Gasteiger partial charge in [0.05, 0.1) is 5.54 Å². The highest BCUT2D eigenvalue weighted by molar-refractivity contribution is 5.73. The highest BCUT2D eigenvalue weighted by Crippen LogP contribution is 2.37. The van der Waals surface area contributed by atoms with E-state index >= 15 is 0 Å². The van der Waals surface area contributed by atoms with Gasteiger partial charge in [-0.2, -0.15) is 0 Å². The number of hydrogen-bond acceptors (Lipinski definition) is 2. The lowest BCUT2D eigenvalue weighted by Gasteiger charge is -2.49. The molecule has 0 aromatic heterocycles. The average Bonchev–Trinajstić information content (AvgIpc) is 2.18. The topological polar surface area (TPSA) is 23.6 Å². The standard InChI is InChI=1S/C12H18N2O/c1-3-12(5-4-6-12)14-9-7-13(8-10-14)11(2)15/h1H,4-10H2,2H3. The molecule has 0 aromatic carbocycles. The summed E-state index contributed by atoms with van der Waals surface area (Å²) in [6.07, 6.45) is 9.13. The Morgan fingerprint density at radius 3 is 2.20 bits per heavy atom. The van der Waals surface area contributed by atoms with Crippen LogP contribution < -0.4 is 0 Å². The van der Waals surface area contributed by atoms with Crippen LogP contribution in [0.15, 0.2) is 0 Å². The monoisotopic (exact) mass is 206 g/mol. The number of carbonyl (C=O) groups is 1. The highest BCUT2D eigenvalue weighted by atomic mass is 16.2. The van der Waals surface area contributed by atoms with Crippen molar-refractivity contribution in [2.24, 2.45) is 0 Å². The van der Waals surface area contributed by atoms with E-state index in [1.165, 1.54) is 6.42 Å². The summed E-state index contributed by atoms with van der Waals surface area (Å²) < 4.78 is 0. The summed E-state index contributed by atoms with van der Waals surface area (Å²) >= 11 is 0. The third-order valence-corrected chi connectivity index (χ3v) is 3.78. The maximum absolute atomic E-state index is 11.2. The quantitative estimate of drug-likeness (QED) is 0.590. The third kappa shape index (κ3) is 1.74. The fraction of sp³-hybridized carbons (Fsp3) is 0.750. The second kappa shape index (κ2) is 3.86. The Labute approximate surface area is 91.4 Å². The van der Waals surface area contributed by atoms with E-state index in [2.05, 4.69) is 10.8 Å². The number of terminal acetylenes is 1. The molecule has 2 fully saturated rings. The maximum atomic E-state index is 11.2. The summed E-state index contributed by atoms with van der Waals surface area (Å²) in [6, 6.07) is 0. The van der Waals surface area contributed by atoms with E-state index in [1.54, 1.807) is 6.92 Å². The van der Waals surface area contributed by atoms with Crippen LogP contribution in [0.1, 0.15) is 26.2 Å². The van der Waals surface area contributed by atoms with Gasteiger partial charge in [-0.1, -0.05) is 5.92 Å². The third-order valence-electron chi connectivity index (χ3n) is 3.78. The smallest absolute Gasteiger partial charge is 0.219 e. The average molecular weight is 206 g/mol. The van der Waals surface area contributed by atoms with Crippen molar-refractivity contribution >= 4 is 5.91 Å². The van der Waals surface area contributed by atoms with Gasteiger partial charge in [0.2, 0.25) is 5.91 Å². The molecule has 82 valence electrons. The van der Waals surface area contributed by atoms with Crippen LogP contribution in [0.5, 0.6) is 0 Å². The largest absolute Gasteiger partial charge is 0.340 e. The number of hydrogen-bond donors (Lipinski definition) is 0. The van der Waals surface area contributed by atoms with E-state index in [0.717, 1.165) is 39.0 Å². The molecule has 0 bridgehead atoms. The van der Waals surface area contributed by atoms with Crippen LogP contribution in [0, 0.1) is 12.3 Å². The van der Waals surface area contributed by atoms with Crippen LogP contribution in [0.2, 0.25) is 0 Å². The van der Waals surface area contributed by atoms with Crippen LogP contribution >= 0.6 is 0 Å². The van der Waals surface area contributed by atoms with Crippen LogP contribution in [0.4, 0.5) is 0 Å². The van der Waals surface area contributed by atoms with Gasteiger partial charge in [-0.05, 0) is 19.3 Å². The summed E-state index contributed by atoms with van der Waals surface area (Å²) in [5, 5.41) is 0. The summed E-state index contributed by atoms with van der Waals surface area (Å²) in [7, 11) is 0. The van der Waals surface area contributed by atoms with E-state index in [1.807, 2.05) is 4.90 Å². The van der Waals surface area contributed by atoms with Crippen molar-refractivity contribution in [3.63, 3.8) is 0 Å². The predicted molar refractivity (Wildman–Crippen MR) is 59.2 cm³/mol. The van der Waals surface area contributed by atoms with E-state index in [0.29, 0.717) is 0 Å². The van der Waals surface area contributed by atoms with Crippen molar-refractivity contribution in [3.05, 3.63) is 0 Å². The van der Waals surface area contributed by atoms with E-state index in [-0.39, 0.29) is 11.4 Å². The second-order valence-corrected chi connectivity index (χ2v) is 4.52. The molecule has 0 aromatic rings. The van der Waals surface area contributed by atoms with Crippen LogP contribution in [0.25, 0.3) is 0 Å². The van der Waals surface area contributed by atoms with E-state index in [4.69, 9.17) is 6.42 Å². The van der Waals surface area contributed by atoms with Gasteiger partial charge in [-0.25, -0.2) is 0 Å². The molecule has 1 amide bonds. The van der Waals surface area contributed by atoms with Crippen molar-refractivity contribution in [3.8, 4) is 12.3 Å². The molecular formula is C12H18N2O. The molecule has 15 heavy (non-hydrogen) atoms. The highest BCUT2D eigenvalue weighted by Gasteiger charge is 2.41. The summed E-state index contributed by atoms with van der Waals surface area (Å²) in [6.45, 7) is 5.17. The Balaban J connectivity index is 1.94. The first-order chi connectivity index (χ1) is 7.18.